The summed E-state index contributed by atoms with van der Waals surface area (Å²) < 4.78 is 7.50. The van der Waals surface area contributed by atoms with E-state index in [2.05, 4.69) is 36.0 Å². The molecule has 180 valence electrons. The van der Waals surface area contributed by atoms with Crippen molar-refractivity contribution in [2.75, 3.05) is 37.7 Å². The number of benzene rings is 1. The van der Waals surface area contributed by atoms with Crippen molar-refractivity contribution in [3.05, 3.63) is 65.6 Å². The summed E-state index contributed by atoms with van der Waals surface area (Å²) in [6.45, 7) is 9.38. The summed E-state index contributed by atoms with van der Waals surface area (Å²) in [4.78, 5) is 34.6. The highest BCUT2D eigenvalue weighted by Crippen LogP contribution is 2.25. The smallest absolute Gasteiger partial charge is 0.257 e. The third-order valence-electron chi connectivity index (χ3n) is 6.15. The quantitative estimate of drug-likeness (QED) is 0.422. The zero-order valence-corrected chi connectivity index (χ0v) is 20.2. The van der Waals surface area contributed by atoms with Gasteiger partial charge in [-0.2, -0.15) is 5.10 Å². The molecular weight excluding hydrogens is 444 g/mol. The van der Waals surface area contributed by atoms with Gasteiger partial charge in [-0.25, -0.2) is 24.6 Å². The average molecular weight is 473 g/mol. The van der Waals surface area contributed by atoms with E-state index in [9.17, 15) is 4.79 Å². The molecule has 3 aromatic heterocycles. The van der Waals surface area contributed by atoms with Crippen molar-refractivity contribution in [3.63, 3.8) is 0 Å². The van der Waals surface area contributed by atoms with Crippen LogP contribution in [0.3, 0.4) is 0 Å². The molecule has 1 fully saturated rings. The Hall–Kier alpha value is -4.08. The lowest BCUT2D eigenvalue weighted by molar-refractivity contribution is 0.0745. The molecule has 4 aromatic rings. The molecule has 0 unspecified atom stereocenters. The second-order valence-electron chi connectivity index (χ2n) is 8.51. The summed E-state index contributed by atoms with van der Waals surface area (Å²) in [6.07, 6.45) is 5.03. The maximum atomic E-state index is 13.0. The fourth-order valence-electron chi connectivity index (χ4n) is 4.41. The Kier molecular flexibility index (Phi) is 6.26. The van der Waals surface area contributed by atoms with Crippen molar-refractivity contribution in [2.24, 2.45) is 0 Å². The van der Waals surface area contributed by atoms with Gasteiger partial charge in [0.05, 0.1) is 36.0 Å². The van der Waals surface area contributed by atoms with E-state index in [0.717, 1.165) is 28.2 Å². The minimum atomic E-state index is -0.0305. The monoisotopic (exact) mass is 472 g/mol. The highest BCUT2D eigenvalue weighted by molar-refractivity contribution is 5.95. The second-order valence-corrected chi connectivity index (χ2v) is 8.51. The molecule has 5 rings (SSSR count). The van der Waals surface area contributed by atoms with Crippen molar-refractivity contribution in [1.82, 2.24) is 34.6 Å². The third kappa shape index (κ3) is 4.64. The molecule has 10 nitrogen and oxygen atoms in total. The molecule has 1 aliphatic heterocycles. The van der Waals surface area contributed by atoms with Crippen molar-refractivity contribution < 1.29 is 9.53 Å². The van der Waals surface area contributed by atoms with Gasteiger partial charge in [-0.1, -0.05) is 12.1 Å². The van der Waals surface area contributed by atoms with Crippen molar-refractivity contribution >= 4 is 22.8 Å². The van der Waals surface area contributed by atoms with Gasteiger partial charge in [0.15, 0.2) is 5.65 Å². The number of amides is 1. The Labute approximate surface area is 203 Å². The molecule has 1 saturated heterocycles. The molecule has 4 heterocycles. The Balaban J connectivity index is 1.31. The van der Waals surface area contributed by atoms with Crippen LogP contribution in [0, 0.1) is 13.8 Å². The Morgan fingerprint density at radius 3 is 2.66 bits per heavy atom. The summed E-state index contributed by atoms with van der Waals surface area (Å²) in [5.41, 5.74) is 3.14. The van der Waals surface area contributed by atoms with Gasteiger partial charge in [0.25, 0.3) is 5.91 Å². The van der Waals surface area contributed by atoms with Crippen LogP contribution in [0.2, 0.25) is 0 Å². The summed E-state index contributed by atoms with van der Waals surface area (Å²) in [6, 6.07) is 8.01. The molecule has 1 aromatic carbocycles. The zero-order chi connectivity index (χ0) is 24.4. The number of aromatic nitrogens is 6. The van der Waals surface area contributed by atoms with E-state index in [-0.39, 0.29) is 5.91 Å². The molecule has 0 bridgehead atoms. The maximum Gasteiger partial charge on any atom is 0.257 e. The number of fused-ring (bicyclic) bond motifs is 1. The number of nitrogens with zero attached hydrogens (tertiary/aromatic N) is 8. The maximum absolute atomic E-state index is 13.0. The number of aryl methyl sites for hydroxylation is 2. The predicted octanol–water partition coefficient (Wildman–Crippen LogP) is 2.64. The van der Waals surface area contributed by atoms with Crippen LogP contribution in [-0.2, 0) is 6.54 Å². The number of ether oxygens (including phenoxy) is 1. The lowest BCUT2D eigenvalue weighted by atomic mass is 10.2. The summed E-state index contributed by atoms with van der Waals surface area (Å²) in [5, 5.41) is 5.49. The van der Waals surface area contributed by atoms with E-state index in [4.69, 9.17) is 4.74 Å². The molecule has 0 aliphatic carbocycles. The van der Waals surface area contributed by atoms with Crippen molar-refractivity contribution in [1.29, 1.82) is 0 Å². The molecule has 1 amide bonds. The zero-order valence-electron chi connectivity index (χ0n) is 20.2. The topological polar surface area (TPSA) is 102 Å². The van der Waals surface area contributed by atoms with Crippen LogP contribution in [-0.4, -0.2) is 73.3 Å². The summed E-state index contributed by atoms with van der Waals surface area (Å²) in [7, 11) is 0. The second kappa shape index (κ2) is 9.65. The Bertz CT molecular complexity index is 1360. The number of hydrogen-bond acceptors (Lipinski definition) is 8. The normalized spacial score (nSPS) is 13.9. The number of anilines is 1. The van der Waals surface area contributed by atoms with Crippen LogP contribution >= 0.6 is 0 Å². The average Bonchev–Trinajstić information content (AvgIpc) is 3.27. The minimum absolute atomic E-state index is 0.0305. The van der Waals surface area contributed by atoms with Gasteiger partial charge in [0, 0.05) is 32.4 Å². The van der Waals surface area contributed by atoms with E-state index in [1.54, 1.807) is 12.5 Å². The number of carbonyl (C=O) groups excluding carboxylic acids is 1. The summed E-state index contributed by atoms with van der Waals surface area (Å²) >= 11 is 0. The molecule has 10 heteroatoms. The standard InChI is InChI=1S/C25H28N8O2/c1-4-35-20-7-5-6-19(12-20)15-33-24-22(14-29-33)23(27-16-28-24)31-8-10-32(11-9-31)25(34)21-13-26-18(3)30-17(21)2/h5-7,12-14,16H,4,8-11,15H2,1-3H3. The number of hydrogen-bond donors (Lipinski definition) is 0. The fourth-order valence-corrected chi connectivity index (χ4v) is 4.41. The summed E-state index contributed by atoms with van der Waals surface area (Å²) in [5.74, 6) is 2.32. The molecule has 0 radical (unpaired) electrons. The molecule has 0 N–H and O–H groups in total. The van der Waals surface area contributed by atoms with E-state index in [0.29, 0.717) is 56.4 Å². The SMILES string of the molecule is CCOc1cccc(Cn2ncc3c(N4CCN(C(=O)c5cnc(C)nc5C)CC4)ncnc32)c1. The van der Waals surface area contributed by atoms with Crippen LogP contribution in [0.4, 0.5) is 5.82 Å². The molecule has 1 aliphatic rings. The predicted molar refractivity (Wildman–Crippen MR) is 132 cm³/mol. The Morgan fingerprint density at radius 2 is 1.89 bits per heavy atom. The van der Waals surface area contributed by atoms with Crippen LogP contribution in [0.1, 0.15) is 34.4 Å². The van der Waals surface area contributed by atoms with Gasteiger partial charge in [-0.05, 0) is 38.5 Å². The highest BCUT2D eigenvalue weighted by Gasteiger charge is 2.26. The largest absolute Gasteiger partial charge is 0.494 e. The lowest BCUT2D eigenvalue weighted by Crippen LogP contribution is -2.49. The van der Waals surface area contributed by atoms with Gasteiger partial charge in [-0.15, -0.1) is 0 Å². The van der Waals surface area contributed by atoms with Crippen molar-refractivity contribution in [3.8, 4) is 5.75 Å². The number of carbonyl (C=O) groups is 1. The van der Waals surface area contributed by atoms with Gasteiger partial charge in [0.1, 0.15) is 23.7 Å². The first-order valence-corrected chi connectivity index (χ1v) is 11.8. The van der Waals surface area contributed by atoms with Gasteiger partial charge in [0.2, 0.25) is 0 Å². The van der Waals surface area contributed by atoms with Gasteiger partial charge >= 0.3 is 0 Å². The fraction of sp³-hybridized carbons (Fsp3) is 0.360. The number of piperazine rings is 1. The molecule has 0 atom stereocenters. The van der Waals surface area contributed by atoms with E-state index in [1.807, 2.05) is 54.7 Å². The lowest BCUT2D eigenvalue weighted by Gasteiger charge is -2.35. The van der Waals surface area contributed by atoms with Crippen LogP contribution < -0.4 is 9.64 Å². The van der Waals surface area contributed by atoms with Crippen LogP contribution in [0.15, 0.2) is 43.0 Å². The van der Waals surface area contributed by atoms with Crippen molar-refractivity contribution in [2.45, 2.75) is 27.3 Å². The number of rotatable bonds is 6. The van der Waals surface area contributed by atoms with Gasteiger partial charge in [-0.3, -0.25) is 4.79 Å². The first-order chi connectivity index (χ1) is 17.0. The highest BCUT2D eigenvalue weighted by atomic mass is 16.5. The minimum Gasteiger partial charge on any atom is -0.494 e. The first-order valence-electron chi connectivity index (χ1n) is 11.8. The molecule has 35 heavy (non-hydrogen) atoms. The van der Waals surface area contributed by atoms with E-state index < -0.39 is 0 Å². The Morgan fingerprint density at radius 1 is 1.06 bits per heavy atom. The van der Waals surface area contributed by atoms with E-state index >= 15 is 0 Å². The van der Waals surface area contributed by atoms with E-state index in [1.165, 1.54) is 0 Å². The molecule has 0 saturated carbocycles. The first kappa shape index (κ1) is 22.7. The van der Waals surface area contributed by atoms with Crippen LogP contribution in [0.5, 0.6) is 5.75 Å². The third-order valence-corrected chi connectivity index (χ3v) is 6.15. The van der Waals surface area contributed by atoms with Crippen LogP contribution in [0.25, 0.3) is 11.0 Å². The molecule has 0 spiro atoms. The molecular formula is C25H28N8O2. The van der Waals surface area contributed by atoms with Gasteiger partial charge < -0.3 is 14.5 Å².